The Bertz CT molecular complexity index is 1430. The number of rotatable bonds is 5. The topological polar surface area (TPSA) is 87.6 Å². The van der Waals surface area contributed by atoms with Crippen LogP contribution in [0.25, 0.3) is 0 Å². The lowest BCUT2D eigenvalue weighted by Crippen LogP contribution is -2.54. The number of aromatic nitrogens is 2. The van der Waals surface area contributed by atoms with Gasteiger partial charge in [-0.3, -0.25) is 9.97 Å². The highest BCUT2D eigenvalue weighted by molar-refractivity contribution is 5.69. The fraction of sp³-hybridized carbons (Fsp3) is 0.433. The van der Waals surface area contributed by atoms with Gasteiger partial charge in [0.2, 0.25) is 0 Å². The molecule has 43 heavy (non-hydrogen) atoms. The van der Waals surface area contributed by atoms with Gasteiger partial charge in [-0.15, -0.1) is 0 Å². The van der Waals surface area contributed by atoms with E-state index in [0.717, 1.165) is 17.7 Å². The van der Waals surface area contributed by atoms with Crippen molar-refractivity contribution in [2.45, 2.75) is 61.7 Å². The molecule has 3 aromatic rings. The summed E-state index contributed by atoms with van der Waals surface area (Å²) in [4.78, 5) is 22.7. The van der Waals surface area contributed by atoms with Crippen molar-refractivity contribution < 1.29 is 41.0 Å². The van der Waals surface area contributed by atoms with E-state index in [2.05, 4.69) is 15.3 Å². The molecule has 2 fully saturated rings. The molecule has 7 nitrogen and oxygen atoms in total. The van der Waals surface area contributed by atoms with Gasteiger partial charge in [0.1, 0.15) is 5.60 Å². The van der Waals surface area contributed by atoms with E-state index in [1.165, 1.54) is 17.3 Å². The number of ether oxygens (including phenoxy) is 1. The number of pyridine rings is 2. The summed E-state index contributed by atoms with van der Waals surface area (Å²) in [5, 5.41) is 14.8. The van der Waals surface area contributed by atoms with Gasteiger partial charge in [-0.1, -0.05) is 30.3 Å². The highest BCUT2D eigenvalue weighted by Gasteiger charge is 2.46. The minimum Gasteiger partial charge on any atom is -0.438 e. The SMILES string of the molecule is O=C(OC1(c2cncc(C(F)(F)F)c2)CCNCC1)N1CCC(O)(c2cncc(C(F)(F)F)c2)CC1Cc1ccccc1. The molecule has 2 unspecified atom stereocenters. The second-order valence-corrected chi connectivity index (χ2v) is 11.1. The highest BCUT2D eigenvalue weighted by atomic mass is 19.4. The number of nitrogens with one attached hydrogen (secondary N) is 1. The molecule has 2 aliphatic rings. The van der Waals surface area contributed by atoms with Crippen LogP contribution < -0.4 is 5.32 Å². The molecule has 0 bridgehead atoms. The van der Waals surface area contributed by atoms with Crippen LogP contribution in [0, 0.1) is 0 Å². The number of piperidine rings is 2. The van der Waals surface area contributed by atoms with Crippen LogP contribution in [0.3, 0.4) is 0 Å². The number of halogens is 6. The number of amides is 1. The van der Waals surface area contributed by atoms with Crippen LogP contribution in [0.1, 0.15) is 53.5 Å². The molecule has 2 N–H and O–H groups in total. The summed E-state index contributed by atoms with van der Waals surface area (Å²) in [6.45, 7) is 0.705. The fourth-order valence-electron chi connectivity index (χ4n) is 5.86. The minimum atomic E-state index is -4.66. The van der Waals surface area contributed by atoms with Crippen LogP contribution in [0.15, 0.2) is 67.3 Å². The van der Waals surface area contributed by atoms with Gasteiger partial charge in [0.05, 0.1) is 16.7 Å². The summed E-state index contributed by atoms with van der Waals surface area (Å²) in [5.74, 6) is 0. The smallest absolute Gasteiger partial charge is 0.417 e. The molecule has 1 amide bonds. The normalized spacial score (nSPS) is 22.7. The second-order valence-electron chi connectivity index (χ2n) is 11.1. The molecule has 1 aromatic carbocycles. The first-order valence-corrected chi connectivity index (χ1v) is 13.8. The maximum absolute atomic E-state index is 13.9. The molecule has 2 aliphatic heterocycles. The molecule has 5 rings (SSSR count). The maximum Gasteiger partial charge on any atom is 0.417 e. The zero-order chi connectivity index (χ0) is 30.9. The number of aliphatic hydroxyl groups is 1. The molecule has 2 atom stereocenters. The first-order chi connectivity index (χ1) is 20.3. The molecule has 2 saturated heterocycles. The quantitative estimate of drug-likeness (QED) is 0.355. The molecule has 13 heteroatoms. The van der Waals surface area contributed by atoms with Gasteiger partial charge >= 0.3 is 18.4 Å². The highest BCUT2D eigenvalue weighted by Crippen LogP contribution is 2.42. The summed E-state index contributed by atoms with van der Waals surface area (Å²) in [7, 11) is 0. The number of hydrogen-bond donors (Lipinski definition) is 2. The van der Waals surface area contributed by atoms with Crippen molar-refractivity contribution in [3.05, 3.63) is 95.1 Å². The maximum atomic E-state index is 13.9. The number of carbonyl (C=O) groups is 1. The van der Waals surface area contributed by atoms with Crippen LogP contribution in [-0.4, -0.2) is 51.7 Å². The zero-order valence-corrected chi connectivity index (χ0v) is 23.0. The van der Waals surface area contributed by atoms with Crippen molar-refractivity contribution in [3.8, 4) is 0 Å². The van der Waals surface area contributed by atoms with Crippen molar-refractivity contribution in [3.63, 3.8) is 0 Å². The molecule has 0 aliphatic carbocycles. The fourth-order valence-corrected chi connectivity index (χ4v) is 5.86. The van der Waals surface area contributed by atoms with E-state index in [1.54, 1.807) is 12.1 Å². The third-order valence-corrected chi connectivity index (χ3v) is 8.22. The Labute approximate surface area is 243 Å². The number of benzene rings is 1. The molecule has 0 spiro atoms. The Kier molecular flexibility index (Phi) is 8.41. The van der Waals surface area contributed by atoms with Gasteiger partial charge < -0.3 is 20.1 Å². The zero-order valence-electron chi connectivity index (χ0n) is 23.0. The van der Waals surface area contributed by atoms with Crippen LogP contribution in [-0.2, 0) is 34.7 Å². The van der Waals surface area contributed by atoms with Gasteiger partial charge in [-0.2, -0.15) is 26.3 Å². The lowest BCUT2D eigenvalue weighted by atomic mass is 9.79. The minimum absolute atomic E-state index is 0.0155. The van der Waals surface area contributed by atoms with Crippen molar-refractivity contribution in [2.75, 3.05) is 19.6 Å². The Balaban J connectivity index is 1.45. The number of hydrogen-bond acceptors (Lipinski definition) is 6. The average molecular weight is 609 g/mol. The van der Waals surface area contributed by atoms with E-state index < -0.39 is 46.8 Å². The van der Waals surface area contributed by atoms with E-state index in [4.69, 9.17) is 4.74 Å². The van der Waals surface area contributed by atoms with E-state index in [-0.39, 0.29) is 49.8 Å². The Hall–Kier alpha value is -3.71. The third kappa shape index (κ3) is 6.77. The molecule has 0 saturated carbocycles. The van der Waals surface area contributed by atoms with Crippen molar-refractivity contribution in [2.24, 2.45) is 0 Å². The molecule has 2 aromatic heterocycles. The number of alkyl halides is 6. The van der Waals surface area contributed by atoms with Crippen LogP contribution in [0.2, 0.25) is 0 Å². The molecular formula is C30H30F6N4O3. The Morgan fingerprint density at radius 3 is 2.09 bits per heavy atom. The van der Waals surface area contributed by atoms with Crippen LogP contribution in [0.5, 0.6) is 0 Å². The van der Waals surface area contributed by atoms with Crippen LogP contribution >= 0.6 is 0 Å². The monoisotopic (exact) mass is 608 g/mol. The summed E-state index contributed by atoms with van der Waals surface area (Å²) in [6.07, 6.45) is -5.78. The van der Waals surface area contributed by atoms with Crippen molar-refractivity contribution in [1.82, 2.24) is 20.2 Å². The predicted octanol–water partition coefficient (Wildman–Crippen LogP) is 5.82. The summed E-state index contributed by atoms with van der Waals surface area (Å²) < 4.78 is 86.9. The van der Waals surface area contributed by atoms with E-state index in [0.29, 0.717) is 25.5 Å². The van der Waals surface area contributed by atoms with Crippen LogP contribution in [0.4, 0.5) is 31.1 Å². The van der Waals surface area contributed by atoms with E-state index >= 15 is 0 Å². The van der Waals surface area contributed by atoms with Gasteiger partial charge in [-0.05, 0) is 43.6 Å². The molecular weight excluding hydrogens is 578 g/mol. The first-order valence-electron chi connectivity index (χ1n) is 13.8. The van der Waals surface area contributed by atoms with Gasteiger partial charge in [0.25, 0.3) is 0 Å². The van der Waals surface area contributed by atoms with E-state index in [1.807, 2.05) is 18.2 Å². The van der Waals surface area contributed by atoms with Gasteiger partial charge in [0.15, 0.2) is 0 Å². The van der Waals surface area contributed by atoms with E-state index in [9.17, 15) is 36.2 Å². The Morgan fingerprint density at radius 2 is 1.49 bits per heavy atom. The lowest BCUT2D eigenvalue weighted by molar-refractivity contribution is -0.138. The largest absolute Gasteiger partial charge is 0.438 e. The molecule has 4 heterocycles. The standard InChI is InChI=1S/C30H30F6N4O3/c31-29(32,33)23-13-21(16-38-18-23)27(42)8-11-40(25(15-27)12-20-4-2-1-3-5-20)26(41)43-28(6-9-37-10-7-28)22-14-24(19-39-17-22)30(34,35)36/h1-5,13-14,16-19,25,37,42H,6-12,15H2. The Morgan fingerprint density at radius 1 is 0.907 bits per heavy atom. The number of carbonyl (C=O) groups excluding carboxylic acids is 1. The summed E-state index contributed by atoms with van der Waals surface area (Å²) in [6, 6.07) is 10.2. The summed E-state index contributed by atoms with van der Waals surface area (Å²) >= 11 is 0. The average Bonchev–Trinajstić information content (AvgIpc) is 2.97. The second kappa shape index (κ2) is 11.8. The molecule has 0 radical (unpaired) electrons. The third-order valence-electron chi connectivity index (χ3n) is 8.22. The number of likely N-dealkylation sites (tertiary alicyclic amines) is 1. The number of nitrogens with zero attached hydrogens (tertiary/aromatic N) is 3. The van der Waals surface area contributed by atoms with Gasteiger partial charge in [0, 0.05) is 67.8 Å². The summed E-state index contributed by atoms with van der Waals surface area (Å²) in [5.41, 5.74) is -4.14. The van der Waals surface area contributed by atoms with Crippen molar-refractivity contribution in [1.29, 1.82) is 0 Å². The first kappa shape index (κ1) is 30.7. The molecule has 230 valence electrons. The predicted molar refractivity (Wildman–Crippen MR) is 143 cm³/mol. The van der Waals surface area contributed by atoms with Crippen molar-refractivity contribution >= 4 is 6.09 Å². The van der Waals surface area contributed by atoms with Gasteiger partial charge in [-0.25, -0.2) is 4.79 Å². The lowest BCUT2D eigenvalue weighted by Gasteiger charge is -2.46.